The standard InChI is InChI=1S/C18H27N3/c1-19-18(21-17-13-7-8-14-17)20-15-9-3-6-12-16-10-4-2-5-11-16/h2,4-5,7-8,10-11,17H,3,6,9,12-15H2,1H3,(H2,19,20,21). The van der Waals surface area contributed by atoms with Crippen LogP contribution in [0.4, 0.5) is 0 Å². The minimum Gasteiger partial charge on any atom is -0.356 e. The molecule has 2 rings (SSSR count). The third-order valence-electron chi connectivity index (χ3n) is 3.85. The maximum absolute atomic E-state index is 4.28. The molecular formula is C18H27N3. The zero-order chi connectivity index (χ0) is 14.8. The third-order valence-corrected chi connectivity index (χ3v) is 3.85. The normalized spacial score (nSPS) is 15.4. The van der Waals surface area contributed by atoms with Gasteiger partial charge in [-0.05, 0) is 37.7 Å². The second kappa shape index (κ2) is 9.22. The highest BCUT2D eigenvalue weighted by molar-refractivity contribution is 5.80. The highest BCUT2D eigenvalue weighted by atomic mass is 15.2. The summed E-state index contributed by atoms with van der Waals surface area (Å²) in [6.45, 7) is 0.995. The van der Waals surface area contributed by atoms with Gasteiger partial charge >= 0.3 is 0 Å². The van der Waals surface area contributed by atoms with Gasteiger partial charge in [-0.1, -0.05) is 48.9 Å². The van der Waals surface area contributed by atoms with Crippen molar-refractivity contribution in [2.24, 2.45) is 4.99 Å². The number of unbranched alkanes of at least 4 members (excludes halogenated alkanes) is 2. The van der Waals surface area contributed by atoms with Crippen molar-refractivity contribution in [2.45, 2.75) is 44.6 Å². The molecule has 1 aromatic carbocycles. The van der Waals surface area contributed by atoms with E-state index in [-0.39, 0.29) is 0 Å². The molecule has 0 atom stereocenters. The van der Waals surface area contributed by atoms with E-state index in [1.807, 2.05) is 7.05 Å². The summed E-state index contributed by atoms with van der Waals surface area (Å²) in [6.07, 6.45) is 11.6. The number of benzene rings is 1. The lowest BCUT2D eigenvalue weighted by atomic mass is 10.1. The number of hydrogen-bond donors (Lipinski definition) is 2. The molecular weight excluding hydrogens is 258 g/mol. The molecule has 0 bridgehead atoms. The highest BCUT2D eigenvalue weighted by Gasteiger charge is 2.10. The summed E-state index contributed by atoms with van der Waals surface area (Å²) in [5.41, 5.74) is 1.44. The van der Waals surface area contributed by atoms with Gasteiger partial charge in [0.15, 0.2) is 5.96 Å². The van der Waals surface area contributed by atoms with E-state index in [0.29, 0.717) is 6.04 Å². The average molecular weight is 285 g/mol. The Hall–Kier alpha value is -1.77. The molecule has 0 saturated carbocycles. The maximum atomic E-state index is 4.28. The van der Waals surface area contributed by atoms with Gasteiger partial charge in [-0.3, -0.25) is 4.99 Å². The SMILES string of the molecule is CN=C(NCCCCCc1ccccc1)NC1CC=CC1. The lowest BCUT2D eigenvalue weighted by Gasteiger charge is -2.16. The summed E-state index contributed by atoms with van der Waals surface area (Å²) in [7, 11) is 1.84. The molecule has 0 amide bonds. The van der Waals surface area contributed by atoms with E-state index in [0.717, 1.165) is 25.3 Å². The van der Waals surface area contributed by atoms with E-state index < -0.39 is 0 Å². The predicted octanol–water partition coefficient (Wildman–Crippen LogP) is 3.28. The molecule has 3 heteroatoms. The van der Waals surface area contributed by atoms with Crippen LogP contribution in [0.3, 0.4) is 0 Å². The summed E-state index contributed by atoms with van der Waals surface area (Å²) in [6, 6.07) is 11.2. The summed E-state index contributed by atoms with van der Waals surface area (Å²) in [5, 5.41) is 6.86. The van der Waals surface area contributed by atoms with Gasteiger partial charge in [0.05, 0.1) is 0 Å². The number of nitrogens with one attached hydrogen (secondary N) is 2. The largest absolute Gasteiger partial charge is 0.356 e. The monoisotopic (exact) mass is 285 g/mol. The lowest BCUT2D eigenvalue weighted by molar-refractivity contribution is 0.616. The quantitative estimate of drug-likeness (QED) is 0.349. The second-order valence-electron chi connectivity index (χ2n) is 5.58. The van der Waals surface area contributed by atoms with Crippen LogP contribution < -0.4 is 10.6 Å². The molecule has 1 aliphatic rings. The van der Waals surface area contributed by atoms with Crippen molar-refractivity contribution in [1.82, 2.24) is 10.6 Å². The summed E-state index contributed by atoms with van der Waals surface area (Å²) < 4.78 is 0. The fourth-order valence-electron chi connectivity index (χ4n) is 2.61. The molecule has 0 aliphatic heterocycles. The van der Waals surface area contributed by atoms with Gasteiger partial charge in [0.2, 0.25) is 0 Å². The smallest absolute Gasteiger partial charge is 0.191 e. The van der Waals surface area contributed by atoms with Crippen LogP contribution in [0, 0.1) is 0 Å². The van der Waals surface area contributed by atoms with E-state index >= 15 is 0 Å². The molecule has 0 saturated heterocycles. The van der Waals surface area contributed by atoms with Crippen LogP contribution in [-0.4, -0.2) is 25.6 Å². The molecule has 21 heavy (non-hydrogen) atoms. The van der Waals surface area contributed by atoms with Crippen molar-refractivity contribution in [2.75, 3.05) is 13.6 Å². The molecule has 0 fully saturated rings. The van der Waals surface area contributed by atoms with Crippen molar-refractivity contribution in [3.8, 4) is 0 Å². The van der Waals surface area contributed by atoms with Crippen molar-refractivity contribution < 1.29 is 0 Å². The van der Waals surface area contributed by atoms with Gasteiger partial charge in [-0.15, -0.1) is 0 Å². The van der Waals surface area contributed by atoms with Crippen molar-refractivity contribution in [1.29, 1.82) is 0 Å². The molecule has 0 aromatic heterocycles. The van der Waals surface area contributed by atoms with Gasteiger partial charge in [-0.2, -0.15) is 0 Å². The number of rotatable bonds is 7. The van der Waals surface area contributed by atoms with Gasteiger partial charge in [-0.25, -0.2) is 0 Å². The number of aryl methyl sites for hydroxylation is 1. The molecule has 2 N–H and O–H groups in total. The number of nitrogens with zero attached hydrogens (tertiary/aromatic N) is 1. The van der Waals surface area contributed by atoms with Crippen molar-refractivity contribution in [3.05, 3.63) is 48.0 Å². The molecule has 3 nitrogen and oxygen atoms in total. The van der Waals surface area contributed by atoms with E-state index in [1.165, 1.54) is 31.2 Å². The molecule has 114 valence electrons. The Morgan fingerprint density at radius 1 is 1.10 bits per heavy atom. The first kappa shape index (κ1) is 15.6. The van der Waals surface area contributed by atoms with Crippen LogP contribution in [0.15, 0.2) is 47.5 Å². The molecule has 0 unspecified atom stereocenters. The van der Waals surface area contributed by atoms with Crippen LogP contribution in [0.5, 0.6) is 0 Å². The first-order valence-electron chi connectivity index (χ1n) is 8.04. The van der Waals surface area contributed by atoms with E-state index in [1.54, 1.807) is 0 Å². The molecule has 1 aliphatic carbocycles. The molecule has 0 spiro atoms. The fourth-order valence-corrected chi connectivity index (χ4v) is 2.61. The van der Waals surface area contributed by atoms with Crippen LogP contribution in [0.2, 0.25) is 0 Å². The lowest BCUT2D eigenvalue weighted by Crippen LogP contribution is -2.42. The second-order valence-corrected chi connectivity index (χ2v) is 5.58. The predicted molar refractivity (Wildman–Crippen MR) is 90.7 cm³/mol. The van der Waals surface area contributed by atoms with Crippen LogP contribution in [0.25, 0.3) is 0 Å². The molecule has 0 radical (unpaired) electrons. The number of hydrogen-bond acceptors (Lipinski definition) is 1. The topological polar surface area (TPSA) is 36.4 Å². The van der Waals surface area contributed by atoms with E-state index in [4.69, 9.17) is 0 Å². The van der Waals surface area contributed by atoms with Crippen LogP contribution in [0.1, 0.15) is 37.7 Å². The molecule has 0 heterocycles. The summed E-state index contributed by atoms with van der Waals surface area (Å²) in [4.78, 5) is 4.28. The van der Waals surface area contributed by atoms with Gasteiger partial charge in [0.1, 0.15) is 0 Å². The van der Waals surface area contributed by atoms with Crippen LogP contribution in [-0.2, 0) is 6.42 Å². The maximum Gasteiger partial charge on any atom is 0.191 e. The van der Waals surface area contributed by atoms with Gasteiger partial charge in [0, 0.05) is 19.6 Å². The minimum atomic E-state index is 0.522. The fraction of sp³-hybridized carbons (Fsp3) is 0.500. The van der Waals surface area contributed by atoms with Crippen molar-refractivity contribution in [3.63, 3.8) is 0 Å². The zero-order valence-corrected chi connectivity index (χ0v) is 13.0. The number of guanidine groups is 1. The zero-order valence-electron chi connectivity index (χ0n) is 13.0. The first-order chi connectivity index (χ1) is 10.4. The van der Waals surface area contributed by atoms with E-state index in [2.05, 4.69) is 58.1 Å². The Morgan fingerprint density at radius 3 is 2.57 bits per heavy atom. The first-order valence-corrected chi connectivity index (χ1v) is 8.04. The Kier molecular flexibility index (Phi) is 6.85. The Labute approximate surface area is 128 Å². The average Bonchev–Trinajstić information content (AvgIpc) is 3.03. The summed E-state index contributed by atoms with van der Waals surface area (Å²) in [5.74, 6) is 0.937. The third kappa shape index (κ3) is 6.03. The van der Waals surface area contributed by atoms with Crippen LogP contribution >= 0.6 is 0 Å². The Morgan fingerprint density at radius 2 is 1.86 bits per heavy atom. The number of aliphatic imine (C=N–C) groups is 1. The Balaban J connectivity index is 1.52. The Bertz CT molecular complexity index is 443. The van der Waals surface area contributed by atoms with E-state index in [9.17, 15) is 0 Å². The van der Waals surface area contributed by atoms with Crippen molar-refractivity contribution >= 4 is 5.96 Å². The molecule has 1 aromatic rings. The minimum absolute atomic E-state index is 0.522. The van der Waals surface area contributed by atoms with Gasteiger partial charge in [0.25, 0.3) is 0 Å². The summed E-state index contributed by atoms with van der Waals surface area (Å²) >= 11 is 0. The highest BCUT2D eigenvalue weighted by Crippen LogP contribution is 2.08. The van der Waals surface area contributed by atoms with Gasteiger partial charge < -0.3 is 10.6 Å².